The van der Waals surface area contributed by atoms with E-state index in [2.05, 4.69) is 34.1 Å². The van der Waals surface area contributed by atoms with E-state index in [0.717, 1.165) is 18.6 Å². The van der Waals surface area contributed by atoms with E-state index in [9.17, 15) is 0 Å². The Morgan fingerprint density at radius 3 is 2.74 bits per heavy atom. The van der Waals surface area contributed by atoms with Crippen molar-refractivity contribution in [1.82, 2.24) is 9.88 Å². The van der Waals surface area contributed by atoms with Crippen molar-refractivity contribution in [2.45, 2.75) is 25.3 Å². The maximum absolute atomic E-state index is 6.01. The average Bonchev–Trinajstić information content (AvgIpc) is 2.49. The fourth-order valence-corrected chi connectivity index (χ4v) is 3.00. The maximum atomic E-state index is 6.01. The van der Waals surface area contributed by atoms with Gasteiger partial charge in [-0.25, -0.2) is 0 Å². The number of fused-ring (bicyclic) bond motifs is 1. The fourth-order valence-electron chi connectivity index (χ4n) is 3.00. The smallest absolute Gasteiger partial charge is 0.0702 e. The summed E-state index contributed by atoms with van der Waals surface area (Å²) in [6.45, 7) is 2.99. The van der Waals surface area contributed by atoms with Crippen LogP contribution < -0.4 is 5.73 Å². The van der Waals surface area contributed by atoms with E-state index in [4.69, 9.17) is 5.73 Å². The third-order valence-corrected chi connectivity index (χ3v) is 4.05. The molecule has 100 valence electrons. The number of rotatable bonds is 3. The summed E-state index contributed by atoms with van der Waals surface area (Å²) in [7, 11) is 0. The Hall–Kier alpha value is -1.45. The first kappa shape index (κ1) is 12.6. The van der Waals surface area contributed by atoms with Gasteiger partial charge < -0.3 is 5.73 Å². The number of benzene rings is 1. The summed E-state index contributed by atoms with van der Waals surface area (Å²) in [5.41, 5.74) is 8.32. The van der Waals surface area contributed by atoms with Crippen LogP contribution in [0.5, 0.6) is 0 Å². The second-order valence-corrected chi connectivity index (χ2v) is 5.31. The Bertz CT molecular complexity index is 546. The van der Waals surface area contributed by atoms with Crippen LogP contribution in [0.1, 0.15) is 30.9 Å². The lowest BCUT2D eigenvalue weighted by Crippen LogP contribution is -2.37. The third-order valence-electron chi connectivity index (χ3n) is 4.05. The molecule has 1 saturated heterocycles. The second-order valence-electron chi connectivity index (χ2n) is 5.31. The Kier molecular flexibility index (Phi) is 3.76. The minimum atomic E-state index is 0.317. The second kappa shape index (κ2) is 5.68. The zero-order valence-electron chi connectivity index (χ0n) is 11.3. The van der Waals surface area contributed by atoms with Gasteiger partial charge >= 0.3 is 0 Å². The number of pyridine rings is 1. The molecule has 2 aromatic rings. The van der Waals surface area contributed by atoms with Crippen LogP contribution in [-0.2, 0) is 0 Å². The molecule has 1 atom stereocenters. The van der Waals surface area contributed by atoms with E-state index in [0.29, 0.717) is 12.6 Å². The van der Waals surface area contributed by atoms with Crippen molar-refractivity contribution < 1.29 is 0 Å². The molecular weight excluding hydrogens is 234 g/mol. The van der Waals surface area contributed by atoms with Crippen molar-refractivity contribution in [2.24, 2.45) is 5.73 Å². The predicted molar refractivity (Wildman–Crippen MR) is 79.0 cm³/mol. The normalized spacial score (nSPS) is 18.6. The van der Waals surface area contributed by atoms with E-state index in [1.165, 1.54) is 30.2 Å². The number of likely N-dealkylation sites (tertiary alicyclic amines) is 1. The van der Waals surface area contributed by atoms with Gasteiger partial charge in [-0.1, -0.05) is 24.6 Å². The number of hydrogen-bond acceptors (Lipinski definition) is 3. The zero-order chi connectivity index (χ0) is 13.1. The minimum absolute atomic E-state index is 0.317. The van der Waals surface area contributed by atoms with Crippen LogP contribution in [-0.4, -0.2) is 29.5 Å². The van der Waals surface area contributed by atoms with E-state index in [-0.39, 0.29) is 0 Å². The summed E-state index contributed by atoms with van der Waals surface area (Å²) in [6.07, 6.45) is 5.92. The highest BCUT2D eigenvalue weighted by atomic mass is 15.2. The van der Waals surface area contributed by atoms with Crippen molar-refractivity contribution in [3.8, 4) is 0 Å². The largest absolute Gasteiger partial charge is 0.329 e. The molecule has 0 bridgehead atoms. The minimum Gasteiger partial charge on any atom is -0.329 e. The molecule has 2 heterocycles. The molecule has 0 aliphatic carbocycles. The van der Waals surface area contributed by atoms with Gasteiger partial charge in [0.25, 0.3) is 0 Å². The molecule has 2 N–H and O–H groups in total. The van der Waals surface area contributed by atoms with Crippen LogP contribution in [0.15, 0.2) is 36.5 Å². The number of piperidine rings is 1. The number of nitrogens with two attached hydrogens (primary N) is 1. The molecule has 19 heavy (non-hydrogen) atoms. The summed E-state index contributed by atoms with van der Waals surface area (Å²) < 4.78 is 0. The Labute approximate surface area is 114 Å². The lowest BCUT2D eigenvalue weighted by molar-refractivity contribution is 0.167. The van der Waals surface area contributed by atoms with Crippen molar-refractivity contribution in [2.75, 3.05) is 19.6 Å². The Morgan fingerprint density at radius 2 is 1.95 bits per heavy atom. The molecule has 0 saturated carbocycles. The summed E-state index contributed by atoms with van der Waals surface area (Å²) in [6, 6.07) is 10.8. The molecular formula is C16H21N3. The van der Waals surface area contributed by atoms with Crippen molar-refractivity contribution in [3.63, 3.8) is 0 Å². The molecule has 0 radical (unpaired) electrons. The van der Waals surface area contributed by atoms with Crippen LogP contribution in [0.2, 0.25) is 0 Å². The summed E-state index contributed by atoms with van der Waals surface area (Å²) in [5.74, 6) is 0. The van der Waals surface area contributed by atoms with Gasteiger partial charge in [-0.15, -0.1) is 0 Å². The topological polar surface area (TPSA) is 42.1 Å². The summed E-state index contributed by atoms with van der Waals surface area (Å²) in [4.78, 5) is 7.07. The van der Waals surface area contributed by atoms with Gasteiger partial charge in [-0.3, -0.25) is 9.88 Å². The highest BCUT2D eigenvalue weighted by Gasteiger charge is 2.21. The summed E-state index contributed by atoms with van der Waals surface area (Å²) >= 11 is 0. The predicted octanol–water partition coefficient (Wildman–Crippen LogP) is 2.72. The van der Waals surface area contributed by atoms with Crippen molar-refractivity contribution >= 4 is 10.9 Å². The lowest BCUT2D eigenvalue weighted by Gasteiger charge is -2.34. The molecule has 3 rings (SSSR count). The van der Waals surface area contributed by atoms with Gasteiger partial charge in [0.15, 0.2) is 0 Å². The van der Waals surface area contributed by atoms with E-state index in [1.54, 1.807) is 0 Å². The zero-order valence-corrected chi connectivity index (χ0v) is 11.3. The number of hydrogen-bond donors (Lipinski definition) is 1. The van der Waals surface area contributed by atoms with Crippen molar-refractivity contribution in [1.29, 1.82) is 0 Å². The third kappa shape index (κ3) is 2.62. The molecule has 1 unspecified atom stereocenters. The molecule has 0 amide bonds. The van der Waals surface area contributed by atoms with Crippen LogP contribution in [0, 0.1) is 0 Å². The number of nitrogens with zero attached hydrogens (tertiary/aromatic N) is 2. The molecule has 3 heteroatoms. The van der Waals surface area contributed by atoms with Gasteiger partial charge in [-0.2, -0.15) is 0 Å². The molecule has 1 aromatic heterocycles. The van der Waals surface area contributed by atoms with E-state index < -0.39 is 0 Å². The molecule has 1 aliphatic rings. The first-order valence-corrected chi connectivity index (χ1v) is 7.17. The van der Waals surface area contributed by atoms with Gasteiger partial charge in [0, 0.05) is 24.2 Å². The van der Waals surface area contributed by atoms with Gasteiger partial charge in [-0.05, 0) is 43.6 Å². The van der Waals surface area contributed by atoms with E-state index >= 15 is 0 Å². The van der Waals surface area contributed by atoms with Gasteiger partial charge in [0.2, 0.25) is 0 Å². The van der Waals surface area contributed by atoms with Crippen molar-refractivity contribution in [3.05, 3.63) is 42.1 Å². The highest BCUT2D eigenvalue weighted by Crippen LogP contribution is 2.25. The number of aromatic nitrogens is 1. The standard InChI is InChI=1S/C16H21N3/c17-11-16(19-8-4-1-5-9-19)14-10-13-6-2-3-7-15(13)18-12-14/h2-3,6-7,10,12,16H,1,4-5,8-9,11,17H2. The van der Waals surface area contributed by atoms with Crippen LogP contribution in [0.25, 0.3) is 10.9 Å². The molecule has 0 spiro atoms. The maximum Gasteiger partial charge on any atom is 0.0702 e. The molecule has 1 fully saturated rings. The highest BCUT2D eigenvalue weighted by molar-refractivity contribution is 5.78. The molecule has 3 nitrogen and oxygen atoms in total. The van der Waals surface area contributed by atoms with Crippen LogP contribution in [0.4, 0.5) is 0 Å². The average molecular weight is 255 g/mol. The quantitative estimate of drug-likeness (QED) is 0.917. The number of para-hydroxylation sites is 1. The van der Waals surface area contributed by atoms with Crippen LogP contribution >= 0.6 is 0 Å². The Balaban J connectivity index is 1.91. The first-order chi connectivity index (χ1) is 9.38. The SMILES string of the molecule is NCC(c1cnc2ccccc2c1)N1CCCCC1. The molecule has 1 aliphatic heterocycles. The summed E-state index contributed by atoms with van der Waals surface area (Å²) in [5, 5.41) is 1.20. The lowest BCUT2D eigenvalue weighted by atomic mass is 10.0. The Morgan fingerprint density at radius 1 is 1.16 bits per heavy atom. The van der Waals surface area contributed by atoms with Gasteiger partial charge in [0.05, 0.1) is 5.52 Å². The van der Waals surface area contributed by atoms with Crippen LogP contribution in [0.3, 0.4) is 0 Å². The molecule has 1 aromatic carbocycles. The monoisotopic (exact) mass is 255 g/mol. The van der Waals surface area contributed by atoms with E-state index in [1.807, 2.05) is 12.3 Å². The fraction of sp³-hybridized carbons (Fsp3) is 0.438. The first-order valence-electron chi connectivity index (χ1n) is 7.17. The van der Waals surface area contributed by atoms with Gasteiger partial charge in [0.1, 0.15) is 0 Å².